The highest BCUT2D eigenvalue weighted by molar-refractivity contribution is 5.93. The van der Waals surface area contributed by atoms with Crippen LogP contribution in [0.1, 0.15) is 13.8 Å². The van der Waals surface area contributed by atoms with E-state index in [4.69, 9.17) is 0 Å². The molecule has 0 radical (unpaired) electrons. The molecule has 1 aliphatic heterocycles. The molecule has 0 amide bonds. The van der Waals surface area contributed by atoms with Crippen molar-refractivity contribution >= 4 is 5.71 Å². The second-order valence-electron chi connectivity index (χ2n) is 2.41. The Morgan fingerprint density at radius 3 is 2.78 bits per heavy atom. The van der Waals surface area contributed by atoms with Crippen LogP contribution in [0.3, 0.4) is 0 Å². The Morgan fingerprint density at radius 1 is 1.67 bits per heavy atom. The first kappa shape index (κ1) is 6.33. The number of allylic oxidation sites excluding steroid dienone is 1. The van der Waals surface area contributed by atoms with E-state index in [1.807, 2.05) is 25.1 Å². The van der Waals surface area contributed by atoms with E-state index in [9.17, 15) is 0 Å². The fourth-order valence-electron chi connectivity index (χ4n) is 0.776. The van der Waals surface area contributed by atoms with Gasteiger partial charge in [0.2, 0.25) is 0 Å². The van der Waals surface area contributed by atoms with Crippen LogP contribution in [0, 0.1) is 0 Å². The fraction of sp³-hybridized carbons (Fsp3) is 0.571. The van der Waals surface area contributed by atoms with Crippen molar-refractivity contribution in [2.24, 2.45) is 5.10 Å². The summed E-state index contributed by atoms with van der Waals surface area (Å²) in [6.45, 7) is 4.12. The molecule has 9 heavy (non-hydrogen) atoms. The molecule has 1 atom stereocenters. The van der Waals surface area contributed by atoms with Crippen LogP contribution >= 0.6 is 0 Å². The first-order chi connectivity index (χ1) is 4.20. The molecule has 0 aromatic rings. The molecule has 0 saturated carbocycles. The quantitative estimate of drug-likeness (QED) is 0.474. The van der Waals surface area contributed by atoms with Crippen LogP contribution < -0.4 is 0 Å². The molecule has 0 aromatic heterocycles. The molecule has 0 fully saturated rings. The van der Waals surface area contributed by atoms with E-state index < -0.39 is 0 Å². The highest BCUT2D eigenvalue weighted by Gasteiger charge is 2.05. The van der Waals surface area contributed by atoms with E-state index >= 15 is 0 Å². The van der Waals surface area contributed by atoms with Crippen molar-refractivity contribution in [1.29, 1.82) is 0 Å². The van der Waals surface area contributed by atoms with E-state index in [-0.39, 0.29) is 0 Å². The average molecular weight is 124 g/mol. The first-order valence-electron chi connectivity index (χ1n) is 3.16. The summed E-state index contributed by atoms with van der Waals surface area (Å²) in [6.07, 6.45) is 4.19. The molecule has 1 unspecified atom stereocenters. The van der Waals surface area contributed by atoms with Gasteiger partial charge < -0.3 is 0 Å². The molecule has 0 aromatic carbocycles. The highest BCUT2D eigenvalue weighted by atomic mass is 15.5. The fourth-order valence-corrected chi connectivity index (χ4v) is 0.776. The zero-order chi connectivity index (χ0) is 6.85. The Labute approximate surface area is 55.9 Å². The van der Waals surface area contributed by atoms with Gasteiger partial charge >= 0.3 is 0 Å². The number of rotatable bonds is 0. The van der Waals surface area contributed by atoms with E-state index in [1.54, 1.807) is 0 Å². The number of hydrogen-bond acceptors (Lipinski definition) is 2. The minimum atomic E-state index is 0.452. The van der Waals surface area contributed by atoms with Crippen molar-refractivity contribution in [3.63, 3.8) is 0 Å². The van der Waals surface area contributed by atoms with Gasteiger partial charge in [0.05, 0.1) is 11.8 Å². The number of hydrogen-bond donors (Lipinski definition) is 0. The molecular formula is C7H12N2. The van der Waals surface area contributed by atoms with Crippen LogP contribution in [0.5, 0.6) is 0 Å². The molecule has 2 heteroatoms. The molecule has 50 valence electrons. The third-order valence-electron chi connectivity index (χ3n) is 1.52. The smallest absolute Gasteiger partial charge is 0.0623 e. The van der Waals surface area contributed by atoms with Crippen LogP contribution in [0.25, 0.3) is 0 Å². The molecule has 0 saturated heterocycles. The molecular weight excluding hydrogens is 112 g/mol. The van der Waals surface area contributed by atoms with Gasteiger partial charge in [0.1, 0.15) is 0 Å². The molecule has 1 rings (SSSR count). The number of nitrogens with zero attached hydrogens (tertiary/aromatic N) is 2. The molecule has 0 N–H and O–H groups in total. The topological polar surface area (TPSA) is 15.6 Å². The maximum atomic E-state index is 4.23. The van der Waals surface area contributed by atoms with E-state index in [0.29, 0.717) is 6.04 Å². The normalized spacial score (nSPS) is 26.3. The van der Waals surface area contributed by atoms with Crippen LogP contribution in [-0.2, 0) is 0 Å². The second-order valence-corrected chi connectivity index (χ2v) is 2.41. The van der Waals surface area contributed by atoms with Gasteiger partial charge in [0, 0.05) is 7.05 Å². The second kappa shape index (κ2) is 2.21. The monoisotopic (exact) mass is 124 g/mol. The first-order valence-corrected chi connectivity index (χ1v) is 3.16. The summed E-state index contributed by atoms with van der Waals surface area (Å²) in [5.41, 5.74) is 1.08. The maximum absolute atomic E-state index is 4.23. The van der Waals surface area contributed by atoms with Crippen molar-refractivity contribution in [2.75, 3.05) is 7.05 Å². The average Bonchev–Trinajstić information content (AvgIpc) is 1.80. The van der Waals surface area contributed by atoms with Crippen molar-refractivity contribution in [3.8, 4) is 0 Å². The summed E-state index contributed by atoms with van der Waals surface area (Å²) < 4.78 is 0. The lowest BCUT2D eigenvalue weighted by molar-refractivity contribution is 0.310. The number of likely N-dealkylation sites (N-methyl/N-ethyl adjacent to an activating group) is 1. The highest BCUT2D eigenvalue weighted by Crippen LogP contribution is 2.03. The summed E-state index contributed by atoms with van der Waals surface area (Å²) in [7, 11) is 1.98. The van der Waals surface area contributed by atoms with Gasteiger partial charge in [0.25, 0.3) is 0 Å². The molecule has 1 heterocycles. The Bertz CT molecular complexity index is 158. The summed E-state index contributed by atoms with van der Waals surface area (Å²) in [5.74, 6) is 0. The maximum Gasteiger partial charge on any atom is 0.0623 e. The van der Waals surface area contributed by atoms with Gasteiger partial charge in [-0.25, -0.2) is 0 Å². The summed E-state index contributed by atoms with van der Waals surface area (Å²) in [6, 6.07) is 0.452. The van der Waals surface area contributed by atoms with Crippen LogP contribution in [-0.4, -0.2) is 23.8 Å². The number of hydrazone groups is 1. The van der Waals surface area contributed by atoms with E-state index in [2.05, 4.69) is 18.1 Å². The predicted octanol–water partition coefficient (Wildman–Crippen LogP) is 1.25. The van der Waals surface area contributed by atoms with Gasteiger partial charge in [-0.1, -0.05) is 6.08 Å². The minimum Gasteiger partial charge on any atom is -0.293 e. The van der Waals surface area contributed by atoms with Gasteiger partial charge in [-0.15, -0.1) is 0 Å². The Hall–Kier alpha value is -0.790. The van der Waals surface area contributed by atoms with Crippen molar-refractivity contribution in [1.82, 2.24) is 5.01 Å². The van der Waals surface area contributed by atoms with Crippen molar-refractivity contribution < 1.29 is 0 Å². The Kier molecular flexibility index (Phi) is 1.56. The van der Waals surface area contributed by atoms with Gasteiger partial charge in [-0.3, -0.25) is 5.01 Å². The Balaban J connectivity index is 2.70. The molecule has 0 bridgehead atoms. The lowest BCUT2D eigenvalue weighted by atomic mass is 10.2. The van der Waals surface area contributed by atoms with Crippen molar-refractivity contribution in [2.45, 2.75) is 19.9 Å². The lowest BCUT2D eigenvalue weighted by Gasteiger charge is -2.22. The zero-order valence-electron chi connectivity index (χ0n) is 6.13. The summed E-state index contributed by atoms with van der Waals surface area (Å²) in [5, 5.41) is 6.18. The lowest BCUT2D eigenvalue weighted by Crippen LogP contribution is -2.25. The van der Waals surface area contributed by atoms with E-state index in [0.717, 1.165) is 5.71 Å². The van der Waals surface area contributed by atoms with Crippen molar-refractivity contribution in [3.05, 3.63) is 12.2 Å². The molecule has 0 spiro atoms. The molecule has 1 aliphatic rings. The SMILES string of the molecule is CC1=NN(C)C(C)C=C1. The minimum absolute atomic E-state index is 0.452. The Morgan fingerprint density at radius 2 is 2.33 bits per heavy atom. The molecule has 2 nitrogen and oxygen atoms in total. The summed E-state index contributed by atoms with van der Waals surface area (Å²) >= 11 is 0. The summed E-state index contributed by atoms with van der Waals surface area (Å²) in [4.78, 5) is 0. The van der Waals surface area contributed by atoms with Crippen LogP contribution in [0.4, 0.5) is 0 Å². The standard InChI is InChI=1S/C7H12N2/c1-6-4-5-7(2)9(3)8-6/h4-5,7H,1-3H3. The van der Waals surface area contributed by atoms with Gasteiger partial charge in [-0.05, 0) is 19.9 Å². The largest absolute Gasteiger partial charge is 0.293 e. The van der Waals surface area contributed by atoms with Gasteiger partial charge in [0.15, 0.2) is 0 Å². The molecule has 0 aliphatic carbocycles. The van der Waals surface area contributed by atoms with Crippen LogP contribution in [0.15, 0.2) is 17.3 Å². The van der Waals surface area contributed by atoms with Gasteiger partial charge in [-0.2, -0.15) is 5.10 Å². The third kappa shape index (κ3) is 1.31. The van der Waals surface area contributed by atoms with E-state index in [1.165, 1.54) is 0 Å². The predicted molar refractivity (Wildman–Crippen MR) is 39.5 cm³/mol. The van der Waals surface area contributed by atoms with Crippen LogP contribution in [0.2, 0.25) is 0 Å². The third-order valence-corrected chi connectivity index (χ3v) is 1.52. The zero-order valence-corrected chi connectivity index (χ0v) is 6.13.